The first-order valence-corrected chi connectivity index (χ1v) is 17.1. The van der Waals surface area contributed by atoms with Crippen LogP contribution in [0.3, 0.4) is 0 Å². The summed E-state index contributed by atoms with van der Waals surface area (Å²) in [6, 6.07) is 56.8. The second-order valence-electron chi connectivity index (χ2n) is 13.3. The van der Waals surface area contributed by atoms with E-state index in [-0.39, 0.29) is 0 Å². The molecular formula is C46H26N4. The van der Waals surface area contributed by atoms with Crippen LogP contribution in [-0.4, -0.2) is 18.9 Å². The van der Waals surface area contributed by atoms with E-state index in [4.69, 9.17) is 9.97 Å². The van der Waals surface area contributed by atoms with Gasteiger partial charge in [-0.1, -0.05) is 133 Å². The van der Waals surface area contributed by atoms with Crippen LogP contribution < -0.4 is 0 Å². The SMILES string of the molecule is c1ccc(-c2nc3c(ccc4ccccc43)nc2-n2c3cccc4c5cccc6c7ccccc7n(c7cc8ccccc8c2c7c43)c56)cc1. The van der Waals surface area contributed by atoms with Crippen LogP contribution in [-0.2, 0) is 0 Å². The molecule has 0 bridgehead atoms. The van der Waals surface area contributed by atoms with Gasteiger partial charge in [0.05, 0.1) is 38.6 Å². The summed E-state index contributed by atoms with van der Waals surface area (Å²) in [5.41, 5.74) is 9.60. The summed E-state index contributed by atoms with van der Waals surface area (Å²) in [5, 5.41) is 12.1. The first-order chi connectivity index (χ1) is 24.8. The van der Waals surface area contributed by atoms with Gasteiger partial charge in [-0.2, -0.15) is 0 Å². The lowest BCUT2D eigenvalue weighted by Crippen LogP contribution is -2.04. The topological polar surface area (TPSA) is 35.1 Å². The first-order valence-electron chi connectivity index (χ1n) is 17.1. The lowest BCUT2D eigenvalue weighted by atomic mass is 10.0. The van der Waals surface area contributed by atoms with Crippen molar-refractivity contribution in [3.05, 3.63) is 158 Å². The van der Waals surface area contributed by atoms with E-state index in [2.05, 4.69) is 167 Å². The minimum absolute atomic E-state index is 0.829. The number of hydrogen-bond donors (Lipinski definition) is 0. The summed E-state index contributed by atoms with van der Waals surface area (Å²) >= 11 is 0. The molecule has 0 fully saturated rings. The maximum Gasteiger partial charge on any atom is 0.165 e. The summed E-state index contributed by atoms with van der Waals surface area (Å²) in [6.45, 7) is 0. The van der Waals surface area contributed by atoms with Crippen molar-refractivity contribution in [1.29, 1.82) is 0 Å². The fourth-order valence-corrected chi connectivity index (χ4v) is 8.74. The molecule has 8 aromatic carbocycles. The first kappa shape index (κ1) is 26.2. The number of hydrogen-bond acceptors (Lipinski definition) is 2. The van der Waals surface area contributed by atoms with E-state index in [1.165, 1.54) is 59.6 Å². The lowest BCUT2D eigenvalue weighted by molar-refractivity contribution is 1.08. The van der Waals surface area contributed by atoms with Crippen LogP contribution in [0.15, 0.2) is 158 Å². The van der Waals surface area contributed by atoms with Crippen molar-refractivity contribution < 1.29 is 0 Å². The van der Waals surface area contributed by atoms with Crippen LogP contribution in [0.2, 0.25) is 0 Å². The molecule has 0 saturated heterocycles. The van der Waals surface area contributed by atoms with Crippen molar-refractivity contribution in [2.24, 2.45) is 0 Å². The number of para-hydroxylation sites is 2. The zero-order valence-electron chi connectivity index (χ0n) is 26.8. The minimum Gasteiger partial charge on any atom is -0.308 e. The van der Waals surface area contributed by atoms with Crippen molar-refractivity contribution in [3.8, 4) is 17.1 Å². The third kappa shape index (κ3) is 3.25. The molecule has 4 heterocycles. The van der Waals surface area contributed by atoms with E-state index in [9.17, 15) is 0 Å². The molecule has 0 saturated carbocycles. The fourth-order valence-electron chi connectivity index (χ4n) is 8.74. The largest absolute Gasteiger partial charge is 0.308 e. The van der Waals surface area contributed by atoms with Gasteiger partial charge in [-0.3, -0.25) is 4.57 Å². The predicted molar refractivity (Wildman–Crippen MR) is 209 cm³/mol. The molecule has 0 aliphatic heterocycles. The Hall–Kier alpha value is -6.78. The van der Waals surface area contributed by atoms with E-state index < -0.39 is 0 Å². The van der Waals surface area contributed by atoms with E-state index in [1.54, 1.807) is 0 Å². The average molecular weight is 635 g/mol. The van der Waals surface area contributed by atoms with Crippen molar-refractivity contribution in [2.45, 2.75) is 0 Å². The summed E-state index contributed by atoms with van der Waals surface area (Å²) in [4.78, 5) is 11.1. The highest BCUT2D eigenvalue weighted by atomic mass is 15.1. The Morgan fingerprint density at radius 3 is 1.94 bits per heavy atom. The second-order valence-corrected chi connectivity index (χ2v) is 13.3. The highest BCUT2D eigenvalue weighted by Gasteiger charge is 2.26. The molecule has 4 heteroatoms. The monoisotopic (exact) mass is 634 g/mol. The highest BCUT2D eigenvalue weighted by molar-refractivity contribution is 6.34. The molecule has 50 heavy (non-hydrogen) atoms. The molecule has 12 aromatic rings. The average Bonchev–Trinajstić information content (AvgIpc) is 3.67. The van der Waals surface area contributed by atoms with Crippen LogP contribution >= 0.6 is 0 Å². The molecule has 0 atom stereocenters. The third-order valence-electron chi connectivity index (χ3n) is 10.8. The Kier molecular flexibility index (Phi) is 4.94. The summed E-state index contributed by atoms with van der Waals surface area (Å²) in [7, 11) is 0. The van der Waals surface area contributed by atoms with E-state index in [0.29, 0.717) is 0 Å². The summed E-state index contributed by atoms with van der Waals surface area (Å²) in [5.74, 6) is 0.829. The standard InChI is InChI=1S/C46H26N4/c1-2-13-28(14-3-1)42-46(47-36-25-24-27-12-4-6-16-30(27)43(36)48-42)50-38-23-11-19-33-35-21-10-20-34-32-18-8-9-22-37(32)49(44(34)35)39-26-29-15-5-7-17-31(29)45(50)41(39)40(33)38/h1-26H. The number of nitrogens with zero attached hydrogens (tertiary/aromatic N) is 4. The van der Waals surface area contributed by atoms with Gasteiger partial charge in [0.2, 0.25) is 0 Å². The molecular weight excluding hydrogens is 609 g/mol. The Morgan fingerprint density at radius 1 is 0.400 bits per heavy atom. The van der Waals surface area contributed by atoms with E-state index in [0.717, 1.165) is 49.9 Å². The zero-order chi connectivity index (χ0) is 32.5. The van der Waals surface area contributed by atoms with Crippen molar-refractivity contribution in [2.75, 3.05) is 0 Å². The Balaban J connectivity index is 1.38. The van der Waals surface area contributed by atoms with E-state index >= 15 is 0 Å². The van der Waals surface area contributed by atoms with Gasteiger partial charge < -0.3 is 4.40 Å². The van der Waals surface area contributed by atoms with Crippen LogP contribution in [0.1, 0.15) is 0 Å². The van der Waals surface area contributed by atoms with Crippen molar-refractivity contribution in [3.63, 3.8) is 0 Å². The molecule has 4 nitrogen and oxygen atoms in total. The number of benzene rings is 8. The molecule has 0 radical (unpaired) electrons. The Morgan fingerprint density at radius 2 is 1.06 bits per heavy atom. The van der Waals surface area contributed by atoms with Gasteiger partial charge in [0.1, 0.15) is 5.69 Å². The number of fused-ring (bicyclic) bond motifs is 10. The smallest absolute Gasteiger partial charge is 0.165 e. The molecule has 0 spiro atoms. The van der Waals surface area contributed by atoms with Gasteiger partial charge in [0, 0.05) is 43.3 Å². The Labute approximate surface area is 285 Å². The maximum absolute atomic E-state index is 5.57. The minimum atomic E-state index is 0.829. The maximum atomic E-state index is 5.57. The van der Waals surface area contributed by atoms with Crippen LogP contribution in [0.4, 0.5) is 0 Å². The molecule has 230 valence electrons. The quantitative estimate of drug-likeness (QED) is 0.177. The second kappa shape index (κ2) is 9.43. The van der Waals surface area contributed by atoms with Crippen molar-refractivity contribution in [1.82, 2.24) is 18.9 Å². The third-order valence-corrected chi connectivity index (χ3v) is 10.8. The number of rotatable bonds is 2. The molecule has 0 aliphatic rings. The van der Waals surface area contributed by atoms with Gasteiger partial charge in [-0.15, -0.1) is 0 Å². The van der Waals surface area contributed by atoms with Gasteiger partial charge in [-0.25, -0.2) is 9.97 Å². The molecule has 0 N–H and O–H groups in total. The molecule has 0 unspecified atom stereocenters. The van der Waals surface area contributed by atoms with Gasteiger partial charge >= 0.3 is 0 Å². The molecule has 0 amide bonds. The fraction of sp³-hybridized carbons (Fsp3) is 0. The zero-order valence-corrected chi connectivity index (χ0v) is 26.8. The number of aromatic nitrogens is 4. The van der Waals surface area contributed by atoms with Crippen molar-refractivity contribution >= 4 is 92.5 Å². The molecule has 4 aromatic heterocycles. The summed E-state index contributed by atoms with van der Waals surface area (Å²) in [6.07, 6.45) is 0. The van der Waals surface area contributed by atoms with Crippen LogP contribution in [0.25, 0.3) is 110 Å². The molecule has 12 rings (SSSR count). The van der Waals surface area contributed by atoms with Crippen LogP contribution in [0.5, 0.6) is 0 Å². The normalized spacial score (nSPS) is 12.4. The molecule has 0 aliphatic carbocycles. The van der Waals surface area contributed by atoms with Gasteiger partial charge in [-0.05, 0) is 40.4 Å². The van der Waals surface area contributed by atoms with Crippen LogP contribution in [0, 0.1) is 0 Å². The Bertz CT molecular complexity index is 3370. The predicted octanol–water partition coefficient (Wildman–Crippen LogP) is 11.9. The lowest BCUT2D eigenvalue weighted by Gasteiger charge is -2.16. The van der Waals surface area contributed by atoms with Gasteiger partial charge in [0.15, 0.2) is 5.82 Å². The summed E-state index contributed by atoms with van der Waals surface area (Å²) < 4.78 is 4.91. The highest BCUT2D eigenvalue weighted by Crippen LogP contribution is 2.47. The van der Waals surface area contributed by atoms with Gasteiger partial charge in [0.25, 0.3) is 0 Å². The van der Waals surface area contributed by atoms with E-state index in [1.807, 2.05) is 0 Å².